The minimum absolute atomic E-state index is 0. The molecule has 0 saturated heterocycles. The van der Waals surface area contributed by atoms with Crippen LogP contribution in [0.2, 0.25) is 0 Å². The molecule has 0 aliphatic heterocycles. The fraction of sp³-hybridized carbons (Fsp3) is 0.750. The predicted octanol–water partition coefficient (Wildman–Crippen LogP) is -10.5. The van der Waals surface area contributed by atoms with E-state index in [0.29, 0.717) is 0 Å². The summed E-state index contributed by atoms with van der Waals surface area (Å²) in [6.07, 6.45) is 0. The van der Waals surface area contributed by atoms with Crippen molar-refractivity contribution in [1.82, 2.24) is 0 Å². The van der Waals surface area contributed by atoms with Crippen LogP contribution in [0.5, 0.6) is 0 Å². The zero-order valence-electron chi connectivity index (χ0n) is 10.9. The number of rotatable bonds is 2. The molecule has 0 aliphatic carbocycles. The minimum atomic E-state index is -2.07. The fourth-order valence-corrected chi connectivity index (χ4v) is 0.211. The van der Waals surface area contributed by atoms with Crippen molar-refractivity contribution < 1.29 is 113 Å². The number of hydrogen-bond acceptors (Lipinski definition) is 5. The summed E-state index contributed by atoms with van der Waals surface area (Å²) in [4.78, 5) is 10.3. The minimum Gasteiger partial charge on any atom is -1.00 e. The van der Waals surface area contributed by atoms with Crippen molar-refractivity contribution in [2.24, 2.45) is 5.73 Å². The summed E-state index contributed by atoms with van der Waals surface area (Å²) in [5.41, 5.74) is 4.99. The van der Waals surface area contributed by atoms with Crippen molar-refractivity contribution in [3.8, 4) is 0 Å². The van der Waals surface area contributed by atoms with Gasteiger partial charge in [-0.15, -0.1) is 0 Å². The van der Waals surface area contributed by atoms with Crippen LogP contribution in [0, 0.1) is 0 Å². The first-order valence-corrected chi connectivity index (χ1v) is 2.36. The van der Waals surface area contributed by atoms with Gasteiger partial charge in [0.1, 0.15) is 6.04 Å². The van der Waals surface area contributed by atoms with E-state index < -0.39 is 18.5 Å². The Morgan fingerprint density at radius 3 is 1.83 bits per heavy atom. The van der Waals surface area contributed by atoms with Gasteiger partial charge in [-0.2, -0.15) is 0 Å². The molecule has 0 saturated carbocycles. The molecule has 0 bridgehead atoms. The zero-order valence-corrected chi connectivity index (χ0v) is 13.9. The van der Waals surface area contributed by atoms with Gasteiger partial charge in [0.05, 0.1) is 0 Å². The van der Waals surface area contributed by atoms with Crippen LogP contribution in [0.25, 0.3) is 0 Å². The third kappa shape index (κ3) is 14.9. The van der Waals surface area contributed by atoms with Crippen molar-refractivity contribution in [3.63, 3.8) is 0 Å². The van der Waals surface area contributed by atoms with Gasteiger partial charge in [0.15, 0.2) is 0 Å². The van der Waals surface area contributed by atoms with E-state index in [1.165, 1.54) is 6.92 Å². The van der Waals surface area contributed by atoms with Crippen LogP contribution < -0.4 is 94.4 Å². The number of aliphatic hydroxyl groups is 2. The van der Waals surface area contributed by atoms with E-state index in [1.807, 2.05) is 0 Å². The first-order valence-electron chi connectivity index (χ1n) is 2.36. The van der Waals surface area contributed by atoms with E-state index in [0.717, 1.165) is 0 Å². The molecule has 0 heterocycles. The fourth-order valence-electron chi connectivity index (χ4n) is 0.211. The standard InChI is InChI=1S/C4H9NO4.3Na.3H/c1-2(5)3(6)9-4(7)8;;;;;;/h2,4,7-8H,5H2,1H3;;;;;;/q;3*+1;3*-1/t2-;;;;;;/m0....../s1. The van der Waals surface area contributed by atoms with Crippen LogP contribution in [-0.4, -0.2) is 28.7 Å². The maximum Gasteiger partial charge on any atom is 1.00 e. The number of ether oxygens (including phenoxy) is 1. The Morgan fingerprint density at radius 2 is 1.75 bits per heavy atom. The van der Waals surface area contributed by atoms with Gasteiger partial charge in [0.2, 0.25) is 0 Å². The predicted molar refractivity (Wildman–Crippen MR) is 31.3 cm³/mol. The molecule has 0 rings (SSSR count). The topological polar surface area (TPSA) is 92.8 Å². The molecule has 0 aromatic rings. The Morgan fingerprint density at radius 1 is 1.42 bits per heavy atom. The van der Waals surface area contributed by atoms with Crippen molar-refractivity contribution in [2.45, 2.75) is 19.4 Å². The zero-order chi connectivity index (χ0) is 7.44. The van der Waals surface area contributed by atoms with Crippen LogP contribution >= 0.6 is 0 Å². The summed E-state index contributed by atoms with van der Waals surface area (Å²) in [6.45, 7) is -0.687. The van der Waals surface area contributed by atoms with E-state index in [9.17, 15) is 4.79 Å². The van der Waals surface area contributed by atoms with E-state index >= 15 is 0 Å². The van der Waals surface area contributed by atoms with Gasteiger partial charge in [0, 0.05) is 0 Å². The number of hydrogen-bond donors (Lipinski definition) is 3. The van der Waals surface area contributed by atoms with Gasteiger partial charge in [-0.05, 0) is 6.92 Å². The molecule has 0 aromatic carbocycles. The smallest absolute Gasteiger partial charge is 1.00 e. The summed E-state index contributed by atoms with van der Waals surface area (Å²) < 4.78 is 3.86. The van der Waals surface area contributed by atoms with Crippen molar-refractivity contribution in [2.75, 3.05) is 0 Å². The molecule has 0 radical (unpaired) electrons. The van der Waals surface area contributed by atoms with Crippen LogP contribution in [0.3, 0.4) is 0 Å². The van der Waals surface area contributed by atoms with Gasteiger partial charge in [-0.25, -0.2) is 0 Å². The Labute approximate surface area is 142 Å². The van der Waals surface area contributed by atoms with Gasteiger partial charge < -0.3 is 25.0 Å². The second kappa shape index (κ2) is 13.4. The van der Waals surface area contributed by atoms with Crippen LogP contribution in [-0.2, 0) is 9.53 Å². The molecule has 4 N–H and O–H groups in total. The summed E-state index contributed by atoms with van der Waals surface area (Å²) in [6, 6.07) is -0.827. The first-order chi connectivity index (χ1) is 4.04. The Hall–Kier alpha value is 2.35. The molecule has 0 unspecified atom stereocenters. The normalized spacial score (nSPS) is 10.1. The quantitative estimate of drug-likeness (QED) is 0.237. The molecule has 5 nitrogen and oxygen atoms in total. The summed E-state index contributed by atoms with van der Waals surface area (Å²) in [5.74, 6) is -0.843. The molecule has 0 amide bonds. The average molecular weight is 207 g/mol. The maximum absolute atomic E-state index is 10.3. The van der Waals surface area contributed by atoms with Crippen molar-refractivity contribution in [1.29, 1.82) is 0 Å². The summed E-state index contributed by atoms with van der Waals surface area (Å²) in [5, 5.41) is 16.1. The molecule has 0 aromatic heterocycles. The number of carbonyl (C=O) groups excluding carboxylic acids is 1. The molecular formula is C4H12NNa3O4. The Bertz CT molecular complexity index is 121. The average Bonchev–Trinajstić information content (AvgIpc) is 1.63. The molecule has 0 aliphatic rings. The summed E-state index contributed by atoms with van der Waals surface area (Å²) >= 11 is 0. The monoisotopic (exact) mass is 207 g/mol. The Kier molecular flexibility index (Phi) is 26.6. The summed E-state index contributed by atoms with van der Waals surface area (Å²) in [7, 11) is 0. The molecule has 1 atom stereocenters. The van der Waals surface area contributed by atoms with Crippen LogP contribution in [0.15, 0.2) is 0 Å². The van der Waals surface area contributed by atoms with Gasteiger partial charge in [-0.1, -0.05) is 0 Å². The third-order valence-corrected chi connectivity index (χ3v) is 0.593. The molecule has 60 valence electrons. The number of nitrogens with two attached hydrogens (primary N) is 1. The van der Waals surface area contributed by atoms with Gasteiger partial charge in [0.25, 0.3) is 0 Å². The van der Waals surface area contributed by atoms with Crippen molar-refractivity contribution >= 4 is 5.97 Å². The molecule has 12 heavy (non-hydrogen) atoms. The van der Waals surface area contributed by atoms with Gasteiger partial charge >= 0.3 is 101 Å². The molecule has 8 heteroatoms. The first kappa shape index (κ1) is 23.9. The van der Waals surface area contributed by atoms with E-state index in [2.05, 4.69) is 4.74 Å². The second-order valence-corrected chi connectivity index (χ2v) is 1.55. The van der Waals surface area contributed by atoms with Crippen molar-refractivity contribution in [3.05, 3.63) is 0 Å². The molecular weight excluding hydrogens is 195 g/mol. The maximum atomic E-state index is 10.3. The number of esters is 1. The largest absolute Gasteiger partial charge is 1.00 e. The molecule has 0 fully saturated rings. The van der Waals surface area contributed by atoms with Crippen LogP contribution in [0.4, 0.5) is 0 Å². The SMILES string of the molecule is C[C@H](N)C(=O)OC(O)O.[H-].[H-].[H-].[Na+].[Na+].[Na+]. The van der Waals surface area contributed by atoms with Crippen LogP contribution in [0.1, 0.15) is 11.2 Å². The van der Waals surface area contributed by atoms with E-state index in [1.54, 1.807) is 0 Å². The van der Waals surface area contributed by atoms with E-state index in [4.69, 9.17) is 15.9 Å². The van der Waals surface area contributed by atoms with Gasteiger partial charge in [-0.3, -0.25) is 4.79 Å². The molecule has 0 spiro atoms. The Balaban J connectivity index is -0.0000000213. The second-order valence-electron chi connectivity index (χ2n) is 1.55. The number of aliphatic hydroxyl groups excluding tert-OH is 1. The van der Waals surface area contributed by atoms with E-state index in [-0.39, 0.29) is 93.0 Å². The number of carbonyl (C=O) groups is 1. The third-order valence-electron chi connectivity index (χ3n) is 0.593.